The highest BCUT2D eigenvalue weighted by Crippen LogP contribution is 2.42. The van der Waals surface area contributed by atoms with Crippen molar-refractivity contribution < 1.29 is 9.53 Å². The first-order chi connectivity index (χ1) is 12.1. The maximum absolute atomic E-state index is 13.1. The molecule has 0 N–H and O–H groups in total. The highest BCUT2D eigenvalue weighted by atomic mass is 16.5. The number of hydrogen-bond donors (Lipinski definition) is 0. The summed E-state index contributed by atoms with van der Waals surface area (Å²) < 4.78 is 5.79. The van der Waals surface area contributed by atoms with E-state index in [0.29, 0.717) is 12.5 Å². The Kier molecular flexibility index (Phi) is 7.95. The van der Waals surface area contributed by atoms with E-state index in [0.717, 1.165) is 44.5 Å². The summed E-state index contributed by atoms with van der Waals surface area (Å²) in [4.78, 5) is 15.5. The van der Waals surface area contributed by atoms with Crippen LogP contribution in [0.3, 0.4) is 0 Å². The van der Waals surface area contributed by atoms with Gasteiger partial charge in [0.2, 0.25) is 0 Å². The number of benzene rings is 1. The van der Waals surface area contributed by atoms with Crippen molar-refractivity contribution >= 4 is 5.97 Å². The number of carbonyl (C=O) groups is 1. The van der Waals surface area contributed by atoms with E-state index in [2.05, 4.69) is 37.8 Å². The van der Waals surface area contributed by atoms with Crippen LogP contribution in [-0.4, -0.2) is 37.1 Å². The Labute approximate surface area is 153 Å². The Hall–Kier alpha value is -1.35. The average molecular weight is 346 g/mol. The topological polar surface area (TPSA) is 29.5 Å². The molecule has 0 saturated heterocycles. The molecule has 1 aliphatic rings. The lowest BCUT2D eigenvalue weighted by Gasteiger charge is -2.38. The lowest BCUT2D eigenvalue weighted by atomic mass is 9.66. The summed E-state index contributed by atoms with van der Waals surface area (Å²) in [7, 11) is 0. The summed E-state index contributed by atoms with van der Waals surface area (Å²) in [5, 5.41) is 0. The summed E-state index contributed by atoms with van der Waals surface area (Å²) in [5.41, 5.74) is 0.590. The minimum atomic E-state index is -0.517. The molecule has 1 aromatic carbocycles. The predicted octanol–water partition coefficient (Wildman–Crippen LogP) is 4.80. The van der Waals surface area contributed by atoms with Crippen LogP contribution in [0.2, 0.25) is 0 Å². The van der Waals surface area contributed by atoms with Gasteiger partial charge in [0, 0.05) is 6.54 Å². The minimum Gasteiger partial charge on any atom is -0.465 e. The number of hydrogen-bond acceptors (Lipinski definition) is 3. The molecule has 0 heterocycles. The van der Waals surface area contributed by atoms with E-state index in [9.17, 15) is 4.79 Å². The minimum absolute atomic E-state index is 0.0369. The van der Waals surface area contributed by atoms with Crippen LogP contribution < -0.4 is 0 Å². The standard InChI is InChI=1S/C22H35NO2/c1-4-23(5-2)17-12-18-25-21(24)22(3,19-13-8-6-9-14-19)20-15-10-7-11-16-20/h6,8-9,13-14,20H,4-5,7,10-12,15-18H2,1-3H3. The molecule has 1 aliphatic carbocycles. The van der Waals surface area contributed by atoms with Crippen LogP contribution in [0.5, 0.6) is 0 Å². The van der Waals surface area contributed by atoms with Gasteiger partial charge in [-0.3, -0.25) is 4.79 Å². The van der Waals surface area contributed by atoms with Crippen LogP contribution in [0.4, 0.5) is 0 Å². The quantitative estimate of drug-likeness (QED) is 0.475. The molecular weight excluding hydrogens is 310 g/mol. The van der Waals surface area contributed by atoms with Crippen molar-refractivity contribution in [2.75, 3.05) is 26.2 Å². The average Bonchev–Trinajstić information content (AvgIpc) is 2.68. The van der Waals surface area contributed by atoms with Crippen molar-refractivity contribution in [3.05, 3.63) is 35.9 Å². The molecule has 140 valence electrons. The Bertz CT molecular complexity index is 506. The second-order valence-electron chi connectivity index (χ2n) is 7.42. The molecule has 3 heteroatoms. The van der Waals surface area contributed by atoms with Gasteiger partial charge < -0.3 is 9.64 Å². The fraction of sp³-hybridized carbons (Fsp3) is 0.682. The molecule has 1 atom stereocenters. The first-order valence-corrected chi connectivity index (χ1v) is 10.1. The second kappa shape index (κ2) is 9.96. The monoisotopic (exact) mass is 345 g/mol. The van der Waals surface area contributed by atoms with Gasteiger partial charge in [0.05, 0.1) is 12.0 Å². The second-order valence-corrected chi connectivity index (χ2v) is 7.42. The molecule has 0 aromatic heterocycles. The number of nitrogens with zero attached hydrogens (tertiary/aromatic N) is 1. The molecule has 1 saturated carbocycles. The molecule has 1 aromatic rings. The molecule has 0 bridgehead atoms. The zero-order valence-electron chi connectivity index (χ0n) is 16.3. The summed E-state index contributed by atoms with van der Waals surface area (Å²) in [6.07, 6.45) is 6.90. The smallest absolute Gasteiger partial charge is 0.316 e. The first-order valence-electron chi connectivity index (χ1n) is 10.1. The number of carbonyl (C=O) groups excluding carboxylic acids is 1. The number of esters is 1. The van der Waals surface area contributed by atoms with Crippen molar-refractivity contribution in [1.29, 1.82) is 0 Å². The molecule has 1 fully saturated rings. The highest BCUT2D eigenvalue weighted by Gasteiger charge is 2.44. The zero-order chi connectivity index (χ0) is 18.1. The number of ether oxygens (including phenoxy) is 1. The maximum Gasteiger partial charge on any atom is 0.316 e. The molecule has 3 nitrogen and oxygen atoms in total. The lowest BCUT2D eigenvalue weighted by molar-refractivity contribution is -0.153. The Morgan fingerprint density at radius 3 is 2.36 bits per heavy atom. The largest absolute Gasteiger partial charge is 0.465 e. The van der Waals surface area contributed by atoms with E-state index in [4.69, 9.17) is 4.74 Å². The number of rotatable bonds is 9. The zero-order valence-corrected chi connectivity index (χ0v) is 16.3. The van der Waals surface area contributed by atoms with E-state index >= 15 is 0 Å². The molecular formula is C22H35NO2. The van der Waals surface area contributed by atoms with Crippen LogP contribution in [0.15, 0.2) is 30.3 Å². The van der Waals surface area contributed by atoms with Gasteiger partial charge in [-0.25, -0.2) is 0 Å². The van der Waals surface area contributed by atoms with Crippen LogP contribution in [0, 0.1) is 5.92 Å². The van der Waals surface area contributed by atoms with Gasteiger partial charge in [-0.2, -0.15) is 0 Å². The third-order valence-corrected chi connectivity index (χ3v) is 5.97. The van der Waals surface area contributed by atoms with Crippen LogP contribution in [0.1, 0.15) is 64.9 Å². The highest BCUT2D eigenvalue weighted by molar-refractivity contribution is 5.83. The van der Waals surface area contributed by atoms with Crippen molar-refractivity contribution in [3.63, 3.8) is 0 Å². The van der Waals surface area contributed by atoms with Gasteiger partial charge in [0.15, 0.2) is 0 Å². The summed E-state index contributed by atoms with van der Waals surface area (Å²) in [6.45, 7) is 10.1. The Morgan fingerprint density at radius 1 is 1.12 bits per heavy atom. The van der Waals surface area contributed by atoms with Gasteiger partial charge >= 0.3 is 5.97 Å². The van der Waals surface area contributed by atoms with Crippen LogP contribution in [-0.2, 0) is 14.9 Å². The van der Waals surface area contributed by atoms with Gasteiger partial charge in [-0.1, -0.05) is 63.4 Å². The summed E-state index contributed by atoms with van der Waals surface area (Å²) in [5.74, 6) is 0.351. The van der Waals surface area contributed by atoms with E-state index in [1.807, 2.05) is 18.2 Å². The normalized spacial score (nSPS) is 18.1. The Balaban J connectivity index is 2.03. The molecule has 0 radical (unpaired) electrons. The molecule has 0 amide bonds. The third-order valence-electron chi connectivity index (χ3n) is 5.97. The van der Waals surface area contributed by atoms with E-state index < -0.39 is 5.41 Å². The summed E-state index contributed by atoms with van der Waals surface area (Å²) >= 11 is 0. The molecule has 0 aliphatic heterocycles. The Morgan fingerprint density at radius 2 is 1.76 bits per heavy atom. The fourth-order valence-corrected chi connectivity index (χ4v) is 4.13. The van der Waals surface area contributed by atoms with Gasteiger partial charge in [-0.05, 0) is 50.8 Å². The lowest BCUT2D eigenvalue weighted by Crippen LogP contribution is -2.43. The third kappa shape index (κ3) is 5.07. The fourth-order valence-electron chi connectivity index (χ4n) is 4.13. The molecule has 25 heavy (non-hydrogen) atoms. The summed E-state index contributed by atoms with van der Waals surface area (Å²) in [6, 6.07) is 10.3. The molecule has 1 unspecified atom stereocenters. The van der Waals surface area contributed by atoms with Crippen molar-refractivity contribution in [2.45, 2.75) is 64.7 Å². The van der Waals surface area contributed by atoms with Crippen molar-refractivity contribution in [3.8, 4) is 0 Å². The van der Waals surface area contributed by atoms with E-state index in [1.54, 1.807) is 0 Å². The van der Waals surface area contributed by atoms with Gasteiger partial charge in [0.25, 0.3) is 0 Å². The molecule has 0 spiro atoms. The van der Waals surface area contributed by atoms with E-state index in [1.165, 1.54) is 19.3 Å². The molecule has 2 rings (SSSR count). The SMILES string of the molecule is CCN(CC)CCCOC(=O)C(C)(c1ccccc1)C1CCCCC1. The maximum atomic E-state index is 13.1. The van der Waals surface area contributed by atoms with Gasteiger partial charge in [-0.15, -0.1) is 0 Å². The van der Waals surface area contributed by atoms with Crippen molar-refractivity contribution in [1.82, 2.24) is 4.90 Å². The van der Waals surface area contributed by atoms with Crippen LogP contribution >= 0.6 is 0 Å². The van der Waals surface area contributed by atoms with Gasteiger partial charge in [0.1, 0.15) is 0 Å². The first kappa shape index (κ1) is 20.0. The van der Waals surface area contributed by atoms with Crippen LogP contribution in [0.25, 0.3) is 0 Å². The van der Waals surface area contributed by atoms with E-state index in [-0.39, 0.29) is 5.97 Å². The van der Waals surface area contributed by atoms with Crippen molar-refractivity contribution in [2.24, 2.45) is 5.92 Å². The predicted molar refractivity (Wildman–Crippen MR) is 104 cm³/mol.